The molecule has 0 bridgehead atoms. The minimum atomic E-state index is -0.947. The van der Waals surface area contributed by atoms with Crippen LogP contribution in [0, 0.1) is 0 Å². The van der Waals surface area contributed by atoms with Gasteiger partial charge in [-0.15, -0.1) is 0 Å². The van der Waals surface area contributed by atoms with Crippen LogP contribution in [0.15, 0.2) is 42.5 Å². The molecule has 0 radical (unpaired) electrons. The van der Waals surface area contributed by atoms with Gasteiger partial charge in [0.05, 0.1) is 12.6 Å². The van der Waals surface area contributed by atoms with E-state index in [1.165, 1.54) is 7.11 Å². The number of nitrogens with one attached hydrogen (secondary N) is 2. The molecule has 0 aliphatic heterocycles. The molecule has 0 aliphatic carbocycles. The molecule has 0 spiro atoms. The number of anilines is 2. The number of aromatic amines is 1. The summed E-state index contributed by atoms with van der Waals surface area (Å²) in [5, 5.41) is 12.9. The topological polar surface area (TPSA) is 79.4 Å². The molecule has 3 aromatic rings. The van der Waals surface area contributed by atoms with Crippen molar-refractivity contribution >= 4 is 22.7 Å². The third-order valence-electron chi connectivity index (χ3n) is 3.35. The van der Waals surface area contributed by atoms with Gasteiger partial charge >= 0.3 is 0 Å². The van der Waals surface area contributed by atoms with Crippen molar-refractivity contribution in [2.75, 3.05) is 19.5 Å². The predicted molar refractivity (Wildman–Crippen MR) is 84.3 cm³/mol. The lowest BCUT2D eigenvalue weighted by molar-refractivity contribution is -0.0769. The minimum absolute atomic E-state index is 0.601. The molecule has 114 valence electrons. The van der Waals surface area contributed by atoms with Crippen LogP contribution in [-0.4, -0.2) is 29.3 Å². The number of hydrogen-bond donors (Lipinski definition) is 3. The van der Waals surface area contributed by atoms with Crippen LogP contribution in [0.4, 0.5) is 11.6 Å². The smallest absolute Gasteiger partial charge is 0.205 e. The summed E-state index contributed by atoms with van der Waals surface area (Å²) in [5.74, 6) is 1.31. The highest BCUT2D eigenvalue weighted by atomic mass is 16.6. The van der Waals surface area contributed by atoms with Gasteiger partial charge in [0.15, 0.2) is 6.29 Å². The summed E-state index contributed by atoms with van der Waals surface area (Å²) in [6.07, 6.45) is -0.947. The number of benzene rings is 2. The molecule has 0 aliphatic rings. The Morgan fingerprint density at radius 2 is 2.00 bits per heavy atom. The zero-order valence-electron chi connectivity index (χ0n) is 12.3. The first-order valence-corrected chi connectivity index (χ1v) is 6.82. The maximum atomic E-state index is 9.71. The van der Waals surface area contributed by atoms with Crippen LogP contribution in [0.3, 0.4) is 0 Å². The highest BCUT2D eigenvalue weighted by Crippen LogP contribution is 2.26. The first kappa shape index (κ1) is 14.4. The average molecular weight is 299 g/mol. The largest absolute Gasteiger partial charge is 0.494 e. The van der Waals surface area contributed by atoms with Crippen LogP contribution in [0.5, 0.6) is 5.75 Å². The average Bonchev–Trinajstić information content (AvgIpc) is 2.96. The van der Waals surface area contributed by atoms with Gasteiger partial charge in [-0.1, -0.05) is 18.2 Å². The van der Waals surface area contributed by atoms with E-state index >= 15 is 0 Å². The number of nitrogens with zero attached hydrogens (tertiary/aromatic N) is 1. The molecule has 1 atom stereocenters. The van der Waals surface area contributed by atoms with Gasteiger partial charge in [0, 0.05) is 18.4 Å². The van der Waals surface area contributed by atoms with E-state index in [0.717, 1.165) is 16.7 Å². The van der Waals surface area contributed by atoms with Gasteiger partial charge in [-0.25, -0.2) is 4.98 Å². The fourth-order valence-electron chi connectivity index (χ4n) is 2.27. The van der Waals surface area contributed by atoms with E-state index in [4.69, 9.17) is 9.47 Å². The van der Waals surface area contributed by atoms with Crippen LogP contribution in [-0.2, 0) is 4.74 Å². The quantitative estimate of drug-likeness (QED) is 0.631. The van der Waals surface area contributed by atoms with E-state index < -0.39 is 6.29 Å². The van der Waals surface area contributed by atoms with E-state index in [2.05, 4.69) is 15.3 Å². The van der Waals surface area contributed by atoms with Crippen molar-refractivity contribution in [3.63, 3.8) is 0 Å². The zero-order valence-corrected chi connectivity index (χ0v) is 12.3. The van der Waals surface area contributed by atoms with E-state index in [-0.39, 0.29) is 0 Å². The molecular formula is C16H17N3O3. The standard InChI is InChI=1S/C16H17N3O3/c1-21-13-8-4-7-12-14(13)19-16(18-12)17-11-6-3-5-10(9-11)15(20)22-2/h3-9,15,20H,1-2H3,(H2,17,18,19). The van der Waals surface area contributed by atoms with Crippen molar-refractivity contribution in [3.05, 3.63) is 48.0 Å². The van der Waals surface area contributed by atoms with E-state index in [1.807, 2.05) is 30.3 Å². The van der Waals surface area contributed by atoms with Gasteiger partial charge in [-0.2, -0.15) is 0 Å². The Kier molecular flexibility index (Phi) is 3.95. The number of hydrogen-bond acceptors (Lipinski definition) is 5. The molecule has 6 nitrogen and oxygen atoms in total. The van der Waals surface area contributed by atoms with Crippen LogP contribution >= 0.6 is 0 Å². The number of aliphatic hydroxyl groups is 1. The number of methoxy groups -OCH3 is 2. The Hall–Kier alpha value is -2.57. The molecule has 1 heterocycles. The van der Waals surface area contributed by atoms with E-state index in [9.17, 15) is 5.11 Å². The van der Waals surface area contributed by atoms with Gasteiger partial charge < -0.3 is 24.9 Å². The normalized spacial score (nSPS) is 12.3. The predicted octanol–water partition coefficient (Wildman–Crippen LogP) is 2.95. The summed E-state index contributed by atoms with van der Waals surface area (Å²) in [5.41, 5.74) is 3.11. The van der Waals surface area contributed by atoms with E-state index in [0.29, 0.717) is 17.3 Å². The number of H-pyrrole nitrogens is 1. The number of para-hydroxylation sites is 1. The Bertz CT molecular complexity index is 785. The van der Waals surface area contributed by atoms with Gasteiger partial charge in [0.25, 0.3) is 0 Å². The lowest BCUT2D eigenvalue weighted by Gasteiger charge is -2.10. The van der Waals surface area contributed by atoms with Crippen LogP contribution in [0.1, 0.15) is 11.9 Å². The lowest BCUT2D eigenvalue weighted by atomic mass is 10.2. The number of ether oxygens (including phenoxy) is 2. The lowest BCUT2D eigenvalue weighted by Crippen LogP contribution is -2.00. The zero-order chi connectivity index (χ0) is 15.5. The summed E-state index contributed by atoms with van der Waals surface area (Å²) in [7, 11) is 3.07. The van der Waals surface area contributed by atoms with Crippen LogP contribution in [0.2, 0.25) is 0 Å². The molecule has 1 unspecified atom stereocenters. The maximum absolute atomic E-state index is 9.71. The Balaban J connectivity index is 1.90. The monoisotopic (exact) mass is 299 g/mol. The second-order valence-electron chi connectivity index (χ2n) is 4.78. The summed E-state index contributed by atoms with van der Waals surface area (Å²) < 4.78 is 10.2. The van der Waals surface area contributed by atoms with Crippen molar-refractivity contribution in [1.82, 2.24) is 9.97 Å². The Morgan fingerprint density at radius 3 is 2.77 bits per heavy atom. The van der Waals surface area contributed by atoms with Gasteiger partial charge in [-0.05, 0) is 24.3 Å². The van der Waals surface area contributed by atoms with Crippen molar-refractivity contribution in [1.29, 1.82) is 0 Å². The molecule has 0 saturated heterocycles. The van der Waals surface area contributed by atoms with Gasteiger partial charge in [-0.3, -0.25) is 0 Å². The highest BCUT2D eigenvalue weighted by molar-refractivity contribution is 5.84. The summed E-state index contributed by atoms with van der Waals surface area (Å²) in [4.78, 5) is 7.67. The number of aromatic nitrogens is 2. The minimum Gasteiger partial charge on any atom is -0.494 e. The molecule has 0 saturated carbocycles. The van der Waals surface area contributed by atoms with Crippen molar-refractivity contribution < 1.29 is 14.6 Å². The number of aliphatic hydroxyl groups excluding tert-OH is 1. The molecule has 2 aromatic carbocycles. The van der Waals surface area contributed by atoms with Crippen LogP contribution in [0.25, 0.3) is 11.0 Å². The fraction of sp³-hybridized carbons (Fsp3) is 0.188. The molecule has 3 N–H and O–H groups in total. The Morgan fingerprint density at radius 1 is 1.18 bits per heavy atom. The molecule has 22 heavy (non-hydrogen) atoms. The first-order chi connectivity index (χ1) is 10.7. The van der Waals surface area contributed by atoms with Crippen molar-refractivity contribution in [2.45, 2.75) is 6.29 Å². The number of fused-ring (bicyclic) bond motifs is 1. The fourth-order valence-corrected chi connectivity index (χ4v) is 2.27. The Labute approximate surface area is 127 Å². The summed E-state index contributed by atoms with van der Waals surface area (Å²) in [6.45, 7) is 0. The first-order valence-electron chi connectivity index (χ1n) is 6.82. The van der Waals surface area contributed by atoms with Crippen LogP contribution < -0.4 is 10.1 Å². The summed E-state index contributed by atoms with van der Waals surface area (Å²) in [6, 6.07) is 13.0. The van der Waals surface area contributed by atoms with Crippen molar-refractivity contribution in [2.24, 2.45) is 0 Å². The molecule has 3 rings (SSSR count). The van der Waals surface area contributed by atoms with Gasteiger partial charge in [0.2, 0.25) is 5.95 Å². The molecule has 0 fully saturated rings. The SMILES string of the molecule is COc1cccc2[nH]c(Nc3cccc(C(O)OC)c3)nc12. The van der Waals surface area contributed by atoms with Gasteiger partial charge in [0.1, 0.15) is 11.3 Å². The second kappa shape index (κ2) is 6.05. The molecular weight excluding hydrogens is 282 g/mol. The van der Waals surface area contributed by atoms with Crippen molar-refractivity contribution in [3.8, 4) is 5.75 Å². The third kappa shape index (κ3) is 2.74. The maximum Gasteiger partial charge on any atom is 0.205 e. The number of rotatable bonds is 5. The highest BCUT2D eigenvalue weighted by Gasteiger charge is 2.09. The third-order valence-corrected chi connectivity index (χ3v) is 3.35. The molecule has 0 amide bonds. The molecule has 6 heteroatoms. The summed E-state index contributed by atoms with van der Waals surface area (Å²) >= 11 is 0. The van der Waals surface area contributed by atoms with E-state index in [1.54, 1.807) is 19.2 Å². The molecule has 1 aromatic heterocycles. The number of imidazole rings is 1. The second-order valence-corrected chi connectivity index (χ2v) is 4.78.